The van der Waals surface area contributed by atoms with Gasteiger partial charge in [0, 0.05) is 11.8 Å². The van der Waals surface area contributed by atoms with Gasteiger partial charge in [-0.25, -0.2) is 0 Å². The van der Waals surface area contributed by atoms with E-state index in [0.29, 0.717) is 6.42 Å². The van der Waals surface area contributed by atoms with Crippen molar-refractivity contribution in [3.8, 4) is 11.5 Å². The molecule has 3 heteroatoms. The molecular formula is C22H30O3. The van der Waals surface area contributed by atoms with Crippen molar-refractivity contribution in [1.29, 1.82) is 0 Å². The summed E-state index contributed by atoms with van der Waals surface area (Å²) < 4.78 is 11.3. The van der Waals surface area contributed by atoms with Crippen molar-refractivity contribution in [2.24, 2.45) is 0 Å². The highest BCUT2D eigenvalue weighted by Gasteiger charge is 2.25. The molecule has 3 nitrogen and oxygen atoms in total. The van der Waals surface area contributed by atoms with Crippen LogP contribution in [-0.2, 0) is 5.41 Å². The lowest BCUT2D eigenvalue weighted by Gasteiger charge is -2.29. The molecule has 0 heterocycles. The predicted octanol–water partition coefficient (Wildman–Crippen LogP) is 4.95. The van der Waals surface area contributed by atoms with Crippen molar-refractivity contribution in [1.82, 2.24) is 0 Å². The third-order valence-corrected chi connectivity index (χ3v) is 4.57. The molecule has 0 aliphatic heterocycles. The second-order valence-electron chi connectivity index (χ2n) is 7.79. The Labute approximate surface area is 151 Å². The van der Waals surface area contributed by atoms with Crippen molar-refractivity contribution in [3.05, 3.63) is 59.7 Å². The maximum atomic E-state index is 9.59. The summed E-state index contributed by atoms with van der Waals surface area (Å²) in [5, 5.41) is 9.59. The van der Waals surface area contributed by atoms with Crippen LogP contribution < -0.4 is 9.47 Å². The van der Waals surface area contributed by atoms with Crippen LogP contribution in [0.3, 0.4) is 0 Å². The monoisotopic (exact) mass is 342 g/mol. The molecule has 0 saturated heterocycles. The normalized spacial score (nSPS) is 13.4. The number of ether oxygens (including phenoxy) is 2. The van der Waals surface area contributed by atoms with Gasteiger partial charge in [0.15, 0.2) is 0 Å². The maximum Gasteiger partial charge on any atom is 0.120 e. The molecule has 2 aromatic carbocycles. The molecule has 0 bridgehead atoms. The minimum Gasteiger partial charge on any atom is -0.497 e. The number of hydrogen-bond donors (Lipinski definition) is 1. The lowest BCUT2D eigenvalue weighted by Crippen LogP contribution is -2.32. The Bertz CT molecular complexity index is 667. The molecule has 2 aromatic rings. The van der Waals surface area contributed by atoms with E-state index >= 15 is 0 Å². The van der Waals surface area contributed by atoms with Crippen molar-refractivity contribution in [2.45, 2.75) is 58.2 Å². The molecule has 0 radical (unpaired) electrons. The summed E-state index contributed by atoms with van der Waals surface area (Å²) in [6, 6.07) is 16.4. The molecule has 1 atom stereocenters. The molecule has 2 rings (SSSR count). The first-order chi connectivity index (χ1) is 11.6. The van der Waals surface area contributed by atoms with E-state index in [1.165, 1.54) is 11.1 Å². The summed E-state index contributed by atoms with van der Waals surface area (Å²) in [4.78, 5) is 0. The lowest BCUT2D eigenvalue weighted by atomic mass is 9.78. The standard InChI is InChI=1S/C22H30O3/c1-16(23)15-21(2,3)25-20-13-9-18(10-14-20)22(4,5)17-7-11-19(24-6)12-8-17/h7-14,16,23H,15H2,1-6H3. The number of benzene rings is 2. The number of aliphatic hydroxyl groups is 1. The molecule has 25 heavy (non-hydrogen) atoms. The fourth-order valence-corrected chi connectivity index (χ4v) is 3.19. The largest absolute Gasteiger partial charge is 0.497 e. The van der Waals surface area contributed by atoms with Gasteiger partial charge in [-0.1, -0.05) is 38.1 Å². The van der Waals surface area contributed by atoms with Gasteiger partial charge in [0.05, 0.1) is 13.2 Å². The van der Waals surface area contributed by atoms with Crippen LogP contribution in [0.5, 0.6) is 11.5 Å². The van der Waals surface area contributed by atoms with Crippen LogP contribution in [0, 0.1) is 0 Å². The third kappa shape index (κ3) is 4.99. The highest BCUT2D eigenvalue weighted by Crippen LogP contribution is 2.34. The molecule has 0 fully saturated rings. The minimum absolute atomic E-state index is 0.111. The van der Waals surface area contributed by atoms with Gasteiger partial charge >= 0.3 is 0 Å². The van der Waals surface area contributed by atoms with Gasteiger partial charge in [0.25, 0.3) is 0 Å². The summed E-state index contributed by atoms with van der Waals surface area (Å²) >= 11 is 0. The Hall–Kier alpha value is -2.00. The van der Waals surface area contributed by atoms with Crippen LogP contribution in [0.1, 0.15) is 52.2 Å². The summed E-state index contributed by atoms with van der Waals surface area (Å²) in [6.07, 6.45) is 0.204. The summed E-state index contributed by atoms with van der Waals surface area (Å²) in [5.74, 6) is 1.68. The SMILES string of the molecule is COc1ccc(C(C)(C)c2ccc(OC(C)(C)CC(C)O)cc2)cc1. The van der Waals surface area contributed by atoms with Gasteiger partial charge in [-0.2, -0.15) is 0 Å². The highest BCUT2D eigenvalue weighted by molar-refractivity contribution is 5.41. The zero-order chi connectivity index (χ0) is 18.7. The fraction of sp³-hybridized carbons (Fsp3) is 0.455. The van der Waals surface area contributed by atoms with Crippen LogP contribution in [0.2, 0.25) is 0 Å². The molecule has 0 amide bonds. The summed E-state index contributed by atoms with van der Waals surface area (Å²) in [7, 11) is 1.68. The van der Waals surface area contributed by atoms with Crippen molar-refractivity contribution in [2.75, 3.05) is 7.11 Å². The van der Waals surface area contributed by atoms with Crippen LogP contribution in [-0.4, -0.2) is 23.9 Å². The van der Waals surface area contributed by atoms with Crippen LogP contribution in [0.15, 0.2) is 48.5 Å². The zero-order valence-electron chi connectivity index (χ0n) is 16.2. The molecule has 1 unspecified atom stereocenters. The molecule has 136 valence electrons. The number of aliphatic hydroxyl groups excluding tert-OH is 1. The number of rotatable bonds is 7. The van der Waals surface area contributed by atoms with E-state index in [1.807, 2.05) is 38.1 Å². The van der Waals surface area contributed by atoms with Gasteiger partial charge in [0.1, 0.15) is 17.1 Å². The van der Waals surface area contributed by atoms with E-state index in [-0.39, 0.29) is 11.5 Å². The molecule has 1 N–H and O–H groups in total. The number of hydrogen-bond acceptors (Lipinski definition) is 3. The lowest BCUT2D eigenvalue weighted by molar-refractivity contribution is 0.0455. The Kier molecular flexibility index (Phi) is 5.79. The van der Waals surface area contributed by atoms with Gasteiger partial charge in [-0.15, -0.1) is 0 Å². The maximum absolute atomic E-state index is 9.59. The minimum atomic E-state index is -0.402. The van der Waals surface area contributed by atoms with Crippen molar-refractivity contribution >= 4 is 0 Å². The van der Waals surface area contributed by atoms with Crippen molar-refractivity contribution < 1.29 is 14.6 Å². The second-order valence-corrected chi connectivity index (χ2v) is 7.79. The van der Waals surface area contributed by atoms with E-state index in [2.05, 4.69) is 38.1 Å². The smallest absolute Gasteiger partial charge is 0.120 e. The van der Waals surface area contributed by atoms with Crippen LogP contribution in [0.25, 0.3) is 0 Å². The van der Waals surface area contributed by atoms with Gasteiger partial charge in [-0.3, -0.25) is 0 Å². The van der Waals surface area contributed by atoms with Crippen LogP contribution in [0.4, 0.5) is 0 Å². The van der Waals surface area contributed by atoms with E-state index in [0.717, 1.165) is 11.5 Å². The Morgan fingerprint density at radius 2 is 1.28 bits per heavy atom. The van der Waals surface area contributed by atoms with Gasteiger partial charge < -0.3 is 14.6 Å². The Morgan fingerprint density at radius 3 is 1.68 bits per heavy atom. The molecular weight excluding hydrogens is 312 g/mol. The Balaban J connectivity index is 2.17. The molecule has 0 aromatic heterocycles. The topological polar surface area (TPSA) is 38.7 Å². The second kappa shape index (κ2) is 7.49. The highest BCUT2D eigenvalue weighted by atomic mass is 16.5. The fourth-order valence-electron chi connectivity index (χ4n) is 3.19. The Morgan fingerprint density at radius 1 is 0.840 bits per heavy atom. The predicted molar refractivity (Wildman–Crippen MR) is 103 cm³/mol. The average Bonchev–Trinajstić information content (AvgIpc) is 2.53. The molecule has 0 aliphatic carbocycles. The first-order valence-electron chi connectivity index (χ1n) is 8.76. The summed E-state index contributed by atoms with van der Waals surface area (Å²) in [5.41, 5.74) is 1.94. The first-order valence-corrected chi connectivity index (χ1v) is 8.76. The summed E-state index contributed by atoms with van der Waals surface area (Å²) in [6.45, 7) is 10.2. The van der Waals surface area contributed by atoms with Crippen molar-refractivity contribution in [3.63, 3.8) is 0 Å². The quantitative estimate of drug-likeness (QED) is 0.774. The van der Waals surface area contributed by atoms with Crippen LogP contribution >= 0.6 is 0 Å². The van der Waals surface area contributed by atoms with E-state index in [1.54, 1.807) is 14.0 Å². The molecule has 0 spiro atoms. The molecule has 0 saturated carbocycles. The third-order valence-electron chi connectivity index (χ3n) is 4.57. The number of methoxy groups -OCH3 is 1. The first kappa shape index (κ1) is 19.3. The molecule has 0 aliphatic rings. The van der Waals surface area contributed by atoms with E-state index in [9.17, 15) is 5.11 Å². The zero-order valence-corrected chi connectivity index (χ0v) is 16.2. The van der Waals surface area contributed by atoms with E-state index in [4.69, 9.17) is 9.47 Å². The van der Waals surface area contributed by atoms with Gasteiger partial charge in [-0.05, 0) is 56.2 Å². The van der Waals surface area contributed by atoms with Gasteiger partial charge in [0.2, 0.25) is 0 Å². The van der Waals surface area contributed by atoms with E-state index < -0.39 is 5.60 Å². The average molecular weight is 342 g/mol.